The monoisotopic (exact) mass is 430 g/mol. The number of likely N-dealkylation sites (tertiary alicyclic amines) is 1. The molecule has 1 aromatic carbocycles. The van der Waals surface area contributed by atoms with E-state index in [1.54, 1.807) is 11.3 Å². The molecule has 0 atom stereocenters. The second-order valence-corrected chi connectivity index (χ2v) is 9.55. The summed E-state index contributed by atoms with van der Waals surface area (Å²) in [5.41, 5.74) is 2.27. The van der Waals surface area contributed by atoms with Gasteiger partial charge in [0, 0.05) is 50.6 Å². The zero-order chi connectivity index (χ0) is 20.9. The fraction of sp³-hybridized carbons (Fsp3) is 0.565. The fourth-order valence-corrected chi connectivity index (χ4v) is 5.11. The molecule has 0 spiro atoms. The summed E-state index contributed by atoms with van der Waals surface area (Å²) in [6.07, 6.45) is 2.88. The van der Waals surface area contributed by atoms with Crippen LogP contribution in [-0.4, -0.2) is 64.9 Å². The van der Waals surface area contributed by atoms with Gasteiger partial charge in [-0.15, -0.1) is 11.3 Å². The van der Waals surface area contributed by atoms with Gasteiger partial charge in [-0.3, -0.25) is 14.6 Å². The summed E-state index contributed by atoms with van der Waals surface area (Å²) in [5.74, 6) is 0.295. The van der Waals surface area contributed by atoms with Gasteiger partial charge in [0.25, 0.3) is 0 Å². The van der Waals surface area contributed by atoms with Crippen molar-refractivity contribution in [1.29, 1.82) is 0 Å². The summed E-state index contributed by atoms with van der Waals surface area (Å²) in [5, 5.41) is 3.26. The first kappa shape index (κ1) is 21.4. The molecular formula is C23H31FN4OS. The summed E-state index contributed by atoms with van der Waals surface area (Å²) >= 11 is 1.70. The smallest absolute Gasteiger partial charge is 0.225 e. The number of nitrogens with zero attached hydrogens (tertiary/aromatic N) is 4. The normalized spacial score (nSPS) is 19.7. The summed E-state index contributed by atoms with van der Waals surface area (Å²) in [7, 11) is 0. The van der Waals surface area contributed by atoms with E-state index in [1.807, 2.05) is 19.1 Å². The highest BCUT2D eigenvalue weighted by atomic mass is 32.1. The van der Waals surface area contributed by atoms with Gasteiger partial charge in [-0.1, -0.05) is 12.1 Å². The third-order valence-corrected chi connectivity index (χ3v) is 7.03. The van der Waals surface area contributed by atoms with Crippen molar-refractivity contribution in [3.05, 3.63) is 51.7 Å². The Balaban J connectivity index is 1.23. The van der Waals surface area contributed by atoms with Gasteiger partial charge in [-0.2, -0.15) is 0 Å². The number of rotatable bonds is 5. The average Bonchev–Trinajstić information content (AvgIpc) is 3.02. The van der Waals surface area contributed by atoms with Gasteiger partial charge in [-0.25, -0.2) is 9.37 Å². The van der Waals surface area contributed by atoms with E-state index in [2.05, 4.69) is 25.1 Å². The van der Waals surface area contributed by atoms with Crippen molar-refractivity contribution in [2.24, 2.45) is 5.92 Å². The maximum Gasteiger partial charge on any atom is 0.225 e. The fourth-order valence-electron chi connectivity index (χ4n) is 4.50. The number of halogens is 1. The van der Waals surface area contributed by atoms with Gasteiger partial charge in [-0.05, 0) is 57.0 Å². The molecule has 2 aromatic rings. The minimum Gasteiger partial charge on any atom is -0.341 e. The van der Waals surface area contributed by atoms with Crippen LogP contribution in [0.2, 0.25) is 0 Å². The molecule has 2 aliphatic rings. The van der Waals surface area contributed by atoms with Gasteiger partial charge < -0.3 is 4.90 Å². The molecule has 0 unspecified atom stereocenters. The minimum absolute atomic E-state index is 0.155. The third kappa shape index (κ3) is 5.65. The number of hydrogen-bond acceptors (Lipinski definition) is 5. The Bertz CT molecular complexity index is 832. The molecule has 3 heterocycles. The molecule has 2 saturated heterocycles. The molecule has 0 bridgehead atoms. The highest BCUT2D eigenvalue weighted by molar-refractivity contribution is 7.09. The van der Waals surface area contributed by atoms with Crippen LogP contribution in [0.5, 0.6) is 0 Å². The Hall–Kier alpha value is -1.83. The molecule has 7 heteroatoms. The first-order chi connectivity index (χ1) is 14.6. The summed E-state index contributed by atoms with van der Waals surface area (Å²) in [6.45, 7) is 9.19. The van der Waals surface area contributed by atoms with Crippen LogP contribution in [0.1, 0.15) is 35.5 Å². The number of thiazole rings is 1. The predicted octanol–water partition coefficient (Wildman–Crippen LogP) is 3.54. The van der Waals surface area contributed by atoms with Crippen molar-refractivity contribution in [3.8, 4) is 0 Å². The maximum atomic E-state index is 13.1. The van der Waals surface area contributed by atoms with Crippen LogP contribution in [0.3, 0.4) is 0 Å². The van der Waals surface area contributed by atoms with E-state index in [0.717, 1.165) is 87.9 Å². The zero-order valence-electron chi connectivity index (χ0n) is 17.7. The van der Waals surface area contributed by atoms with E-state index >= 15 is 0 Å². The molecule has 0 radical (unpaired) electrons. The minimum atomic E-state index is -0.195. The molecule has 2 aliphatic heterocycles. The van der Waals surface area contributed by atoms with Gasteiger partial charge in [0.2, 0.25) is 5.91 Å². The predicted molar refractivity (Wildman–Crippen MR) is 118 cm³/mol. The lowest BCUT2D eigenvalue weighted by Crippen LogP contribution is -2.43. The van der Waals surface area contributed by atoms with E-state index in [4.69, 9.17) is 0 Å². The lowest BCUT2D eigenvalue weighted by molar-refractivity contribution is -0.137. The molecule has 5 nitrogen and oxygen atoms in total. The highest BCUT2D eigenvalue weighted by Gasteiger charge is 2.29. The number of amides is 1. The van der Waals surface area contributed by atoms with Crippen LogP contribution >= 0.6 is 11.3 Å². The van der Waals surface area contributed by atoms with Crippen LogP contribution < -0.4 is 0 Å². The second kappa shape index (κ2) is 9.98. The second-order valence-electron chi connectivity index (χ2n) is 8.49. The molecule has 0 aliphatic carbocycles. The Morgan fingerprint density at radius 2 is 1.77 bits per heavy atom. The highest BCUT2D eigenvalue weighted by Crippen LogP contribution is 2.22. The number of aryl methyl sites for hydroxylation is 1. The molecule has 1 amide bonds. The van der Waals surface area contributed by atoms with Crippen LogP contribution in [0.4, 0.5) is 4.39 Å². The maximum absolute atomic E-state index is 13.1. The van der Waals surface area contributed by atoms with Crippen molar-refractivity contribution in [2.75, 3.05) is 39.3 Å². The largest absolute Gasteiger partial charge is 0.341 e. The molecule has 1 aromatic heterocycles. The Morgan fingerprint density at radius 3 is 2.47 bits per heavy atom. The van der Waals surface area contributed by atoms with E-state index in [9.17, 15) is 9.18 Å². The number of aromatic nitrogens is 1. The Labute approximate surface area is 182 Å². The first-order valence-corrected chi connectivity index (χ1v) is 11.8. The SMILES string of the molecule is Cc1nc(CN2CCC(C(=O)N3CCCN(Cc4ccc(F)cc4)CC3)CC2)cs1. The average molecular weight is 431 g/mol. The van der Waals surface area contributed by atoms with Crippen molar-refractivity contribution in [3.63, 3.8) is 0 Å². The van der Waals surface area contributed by atoms with Gasteiger partial charge in [0.1, 0.15) is 5.82 Å². The Kier molecular flexibility index (Phi) is 7.12. The molecule has 30 heavy (non-hydrogen) atoms. The van der Waals surface area contributed by atoms with Crippen molar-refractivity contribution in [2.45, 2.75) is 39.3 Å². The van der Waals surface area contributed by atoms with E-state index in [-0.39, 0.29) is 11.7 Å². The first-order valence-electron chi connectivity index (χ1n) is 11.0. The van der Waals surface area contributed by atoms with Crippen LogP contribution in [0.25, 0.3) is 0 Å². The number of benzene rings is 1. The van der Waals surface area contributed by atoms with E-state index < -0.39 is 0 Å². The van der Waals surface area contributed by atoms with Crippen molar-refractivity contribution in [1.82, 2.24) is 19.7 Å². The lowest BCUT2D eigenvalue weighted by Gasteiger charge is -2.33. The number of carbonyl (C=O) groups is 1. The standard InChI is InChI=1S/C23H31FN4OS/c1-18-25-22(17-30-18)16-27-11-7-20(8-12-27)23(29)28-10-2-9-26(13-14-28)15-19-3-5-21(24)6-4-19/h3-6,17,20H,2,7-16H2,1H3. The molecule has 4 rings (SSSR count). The van der Waals surface area contributed by atoms with Crippen molar-refractivity contribution < 1.29 is 9.18 Å². The third-order valence-electron chi connectivity index (χ3n) is 6.21. The van der Waals surface area contributed by atoms with Gasteiger partial charge >= 0.3 is 0 Å². The summed E-state index contributed by atoms with van der Waals surface area (Å²) in [6, 6.07) is 6.74. The van der Waals surface area contributed by atoms with E-state index in [0.29, 0.717) is 5.91 Å². The number of hydrogen-bond donors (Lipinski definition) is 0. The van der Waals surface area contributed by atoms with Gasteiger partial charge in [0.15, 0.2) is 0 Å². The lowest BCUT2D eigenvalue weighted by atomic mass is 9.95. The van der Waals surface area contributed by atoms with Crippen LogP contribution in [0, 0.1) is 18.7 Å². The topological polar surface area (TPSA) is 39.7 Å². The Morgan fingerprint density at radius 1 is 1.03 bits per heavy atom. The summed E-state index contributed by atoms with van der Waals surface area (Å²) in [4.78, 5) is 24.5. The zero-order valence-corrected chi connectivity index (χ0v) is 18.5. The van der Waals surface area contributed by atoms with Crippen molar-refractivity contribution >= 4 is 17.2 Å². The quantitative estimate of drug-likeness (QED) is 0.728. The summed E-state index contributed by atoms with van der Waals surface area (Å²) < 4.78 is 13.1. The molecule has 2 fully saturated rings. The molecular weight excluding hydrogens is 399 g/mol. The molecule has 0 N–H and O–H groups in total. The van der Waals surface area contributed by atoms with Crippen LogP contribution in [0.15, 0.2) is 29.6 Å². The molecule has 0 saturated carbocycles. The molecule has 162 valence electrons. The van der Waals surface area contributed by atoms with Crippen LogP contribution in [-0.2, 0) is 17.9 Å². The van der Waals surface area contributed by atoms with E-state index in [1.165, 1.54) is 12.1 Å². The number of carbonyl (C=O) groups excluding carboxylic acids is 1. The van der Waals surface area contributed by atoms with Gasteiger partial charge in [0.05, 0.1) is 10.7 Å². The number of piperidine rings is 1.